The summed E-state index contributed by atoms with van der Waals surface area (Å²) in [6.07, 6.45) is 3.78. The average Bonchev–Trinajstić information content (AvgIpc) is 3.03. The van der Waals surface area contributed by atoms with E-state index < -0.39 is 6.04 Å². The van der Waals surface area contributed by atoms with Crippen LogP contribution in [0.2, 0.25) is 0 Å². The summed E-state index contributed by atoms with van der Waals surface area (Å²) in [5.41, 5.74) is 2.29. The summed E-state index contributed by atoms with van der Waals surface area (Å²) in [7, 11) is 0. The highest BCUT2D eigenvalue weighted by Gasteiger charge is 2.15. The highest BCUT2D eigenvalue weighted by Crippen LogP contribution is 2.21. The minimum absolute atomic E-state index is 0.0588. The van der Waals surface area contributed by atoms with Crippen LogP contribution in [-0.2, 0) is 9.59 Å². The molecule has 0 fully saturated rings. The van der Waals surface area contributed by atoms with Crippen molar-refractivity contribution in [2.45, 2.75) is 33.2 Å². The summed E-state index contributed by atoms with van der Waals surface area (Å²) in [5, 5.41) is 9.72. The number of amides is 2. The number of hydrogen-bond acceptors (Lipinski definition) is 3. The minimum Gasteiger partial charge on any atom is -0.326 e. The largest absolute Gasteiger partial charge is 0.326 e. The van der Waals surface area contributed by atoms with Gasteiger partial charge in [-0.1, -0.05) is 13.0 Å². The Morgan fingerprint density at radius 3 is 2.73 bits per heavy atom. The zero-order valence-corrected chi connectivity index (χ0v) is 13.0. The molecule has 22 heavy (non-hydrogen) atoms. The number of nitrogens with one attached hydrogen (secondary N) is 2. The summed E-state index contributed by atoms with van der Waals surface area (Å²) in [5.74, 6) is -0.225. The summed E-state index contributed by atoms with van der Waals surface area (Å²) in [4.78, 5) is 23.7. The van der Waals surface area contributed by atoms with Gasteiger partial charge >= 0.3 is 0 Å². The summed E-state index contributed by atoms with van der Waals surface area (Å²) in [6.45, 7) is 5.47. The molecule has 6 heteroatoms. The third kappa shape index (κ3) is 3.72. The van der Waals surface area contributed by atoms with Crippen LogP contribution in [0.15, 0.2) is 36.7 Å². The molecule has 2 N–H and O–H groups in total. The molecule has 1 aromatic carbocycles. The van der Waals surface area contributed by atoms with Crippen LogP contribution in [0, 0.1) is 6.92 Å². The molecular formula is C16H20N4O2. The predicted octanol–water partition coefficient (Wildman–Crippen LogP) is 2.74. The van der Waals surface area contributed by atoms with E-state index in [0.717, 1.165) is 5.56 Å². The van der Waals surface area contributed by atoms with Gasteiger partial charge in [0, 0.05) is 30.2 Å². The highest BCUT2D eigenvalue weighted by atomic mass is 16.2. The molecule has 1 unspecified atom stereocenters. The first kappa shape index (κ1) is 15.8. The van der Waals surface area contributed by atoms with Gasteiger partial charge in [-0.15, -0.1) is 0 Å². The van der Waals surface area contributed by atoms with Crippen LogP contribution in [0.1, 0.15) is 31.9 Å². The second-order valence-corrected chi connectivity index (χ2v) is 5.08. The van der Waals surface area contributed by atoms with Crippen LogP contribution in [0.25, 0.3) is 0 Å². The molecule has 1 atom stereocenters. The molecule has 0 radical (unpaired) electrons. The number of rotatable bonds is 5. The molecule has 2 amide bonds. The van der Waals surface area contributed by atoms with E-state index in [4.69, 9.17) is 0 Å². The maximum atomic E-state index is 12.2. The zero-order valence-electron chi connectivity index (χ0n) is 13.0. The molecule has 0 aliphatic heterocycles. The molecular weight excluding hydrogens is 280 g/mol. The molecule has 1 heterocycles. The Bertz CT molecular complexity index is 665. The molecule has 6 nitrogen and oxygen atoms in total. The molecule has 116 valence electrons. The van der Waals surface area contributed by atoms with Gasteiger partial charge in [0.1, 0.15) is 6.04 Å². The lowest BCUT2D eigenvalue weighted by Gasteiger charge is -2.14. The molecule has 0 spiro atoms. The first-order valence-electron chi connectivity index (χ1n) is 7.21. The number of nitrogens with zero attached hydrogens (tertiary/aromatic N) is 2. The first-order chi connectivity index (χ1) is 10.5. The number of benzene rings is 1. The maximum Gasteiger partial charge on any atom is 0.248 e. The summed E-state index contributed by atoms with van der Waals surface area (Å²) < 4.78 is 1.59. The third-order valence-corrected chi connectivity index (χ3v) is 3.40. The lowest BCUT2D eigenvalue weighted by Crippen LogP contribution is -2.24. The quantitative estimate of drug-likeness (QED) is 0.891. The Labute approximate surface area is 129 Å². The van der Waals surface area contributed by atoms with Crippen molar-refractivity contribution in [1.29, 1.82) is 0 Å². The Morgan fingerprint density at radius 2 is 2.09 bits per heavy atom. The molecule has 0 saturated heterocycles. The normalized spacial score (nSPS) is 11.8. The van der Waals surface area contributed by atoms with Gasteiger partial charge in [-0.25, -0.2) is 0 Å². The van der Waals surface area contributed by atoms with Gasteiger partial charge in [0.2, 0.25) is 11.8 Å². The van der Waals surface area contributed by atoms with Crippen molar-refractivity contribution in [1.82, 2.24) is 9.78 Å². The Balaban J connectivity index is 2.11. The van der Waals surface area contributed by atoms with E-state index in [0.29, 0.717) is 17.8 Å². The van der Waals surface area contributed by atoms with Gasteiger partial charge in [-0.05, 0) is 37.6 Å². The van der Waals surface area contributed by atoms with Crippen molar-refractivity contribution < 1.29 is 9.59 Å². The standard InChI is InChI=1S/C16H20N4O2/c1-4-15(21)19-14-10-13(7-6-11(14)2)18-16(22)12(3)20-9-5-8-17-20/h5-10,12H,4H2,1-3H3,(H,18,22)(H,19,21). The van der Waals surface area contributed by atoms with E-state index >= 15 is 0 Å². The molecule has 2 rings (SSSR count). The van der Waals surface area contributed by atoms with Crippen molar-refractivity contribution >= 4 is 23.2 Å². The minimum atomic E-state index is -0.412. The van der Waals surface area contributed by atoms with E-state index in [2.05, 4.69) is 15.7 Å². The number of anilines is 2. The van der Waals surface area contributed by atoms with Crippen molar-refractivity contribution in [3.05, 3.63) is 42.2 Å². The topological polar surface area (TPSA) is 76.0 Å². The van der Waals surface area contributed by atoms with Crippen LogP contribution in [0.5, 0.6) is 0 Å². The lowest BCUT2D eigenvalue weighted by atomic mass is 10.1. The number of aromatic nitrogens is 2. The Hall–Kier alpha value is -2.63. The Kier molecular flexibility index (Phi) is 4.93. The SMILES string of the molecule is CCC(=O)Nc1cc(NC(=O)C(C)n2cccn2)ccc1C. The second kappa shape index (κ2) is 6.89. The number of carbonyl (C=O) groups excluding carboxylic acids is 2. The smallest absolute Gasteiger partial charge is 0.248 e. The van der Waals surface area contributed by atoms with Crippen molar-refractivity contribution in [2.24, 2.45) is 0 Å². The summed E-state index contributed by atoms with van der Waals surface area (Å²) >= 11 is 0. The molecule has 2 aromatic rings. The molecule has 0 aliphatic rings. The van der Waals surface area contributed by atoms with Crippen LogP contribution >= 0.6 is 0 Å². The van der Waals surface area contributed by atoms with Crippen molar-refractivity contribution in [3.8, 4) is 0 Å². The third-order valence-electron chi connectivity index (χ3n) is 3.40. The Morgan fingerprint density at radius 1 is 1.32 bits per heavy atom. The zero-order chi connectivity index (χ0) is 16.1. The number of carbonyl (C=O) groups is 2. The van der Waals surface area contributed by atoms with Gasteiger partial charge in [-0.3, -0.25) is 14.3 Å². The fourth-order valence-corrected chi connectivity index (χ4v) is 1.95. The van der Waals surface area contributed by atoms with E-state index in [9.17, 15) is 9.59 Å². The number of aryl methyl sites for hydroxylation is 1. The fraction of sp³-hybridized carbons (Fsp3) is 0.312. The number of hydrogen-bond donors (Lipinski definition) is 2. The molecule has 0 saturated carbocycles. The van der Waals surface area contributed by atoms with E-state index in [1.54, 1.807) is 43.1 Å². The van der Waals surface area contributed by atoms with Crippen LogP contribution < -0.4 is 10.6 Å². The van der Waals surface area contributed by atoms with E-state index in [1.807, 2.05) is 19.1 Å². The lowest BCUT2D eigenvalue weighted by molar-refractivity contribution is -0.119. The molecule has 1 aromatic heterocycles. The molecule has 0 bridgehead atoms. The molecule has 0 aliphatic carbocycles. The fourth-order valence-electron chi connectivity index (χ4n) is 1.95. The van der Waals surface area contributed by atoms with Gasteiger partial charge in [0.05, 0.1) is 0 Å². The van der Waals surface area contributed by atoms with Gasteiger partial charge < -0.3 is 10.6 Å². The van der Waals surface area contributed by atoms with Gasteiger partial charge in [0.15, 0.2) is 0 Å². The van der Waals surface area contributed by atoms with E-state index in [-0.39, 0.29) is 11.8 Å². The predicted molar refractivity (Wildman–Crippen MR) is 85.7 cm³/mol. The second-order valence-electron chi connectivity index (χ2n) is 5.08. The van der Waals surface area contributed by atoms with E-state index in [1.165, 1.54) is 0 Å². The van der Waals surface area contributed by atoms with Crippen LogP contribution in [0.4, 0.5) is 11.4 Å². The maximum absolute atomic E-state index is 12.2. The highest BCUT2D eigenvalue weighted by molar-refractivity contribution is 5.96. The summed E-state index contributed by atoms with van der Waals surface area (Å²) in [6, 6.07) is 6.79. The van der Waals surface area contributed by atoms with Crippen molar-refractivity contribution in [2.75, 3.05) is 10.6 Å². The van der Waals surface area contributed by atoms with Gasteiger partial charge in [0.25, 0.3) is 0 Å². The average molecular weight is 300 g/mol. The monoisotopic (exact) mass is 300 g/mol. The van der Waals surface area contributed by atoms with Gasteiger partial charge in [-0.2, -0.15) is 5.10 Å². The van der Waals surface area contributed by atoms with Crippen LogP contribution in [0.3, 0.4) is 0 Å². The van der Waals surface area contributed by atoms with Crippen molar-refractivity contribution in [3.63, 3.8) is 0 Å². The first-order valence-corrected chi connectivity index (χ1v) is 7.21. The van der Waals surface area contributed by atoms with Crippen LogP contribution in [-0.4, -0.2) is 21.6 Å².